The lowest BCUT2D eigenvalue weighted by Crippen LogP contribution is -1.93. The normalized spacial score (nSPS) is 10.3. The molecule has 3 nitrogen and oxygen atoms in total. The molecule has 0 aliphatic carbocycles. The summed E-state index contributed by atoms with van der Waals surface area (Å²) in [5, 5.41) is 0.968. The predicted octanol–water partition coefficient (Wildman–Crippen LogP) is 4.27. The quantitative estimate of drug-likeness (QED) is 0.791. The summed E-state index contributed by atoms with van der Waals surface area (Å²) in [6.07, 6.45) is 3.85. The van der Waals surface area contributed by atoms with Crippen molar-refractivity contribution < 1.29 is 9.53 Å². The van der Waals surface area contributed by atoms with E-state index in [0.717, 1.165) is 11.8 Å². The summed E-state index contributed by atoms with van der Waals surface area (Å²) in [5.74, 6) is 0.539. The summed E-state index contributed by atoms with van der Waals surface area (Å²) in [7, 11) is 0. The van der Waals surface area contributed by atoms with E-state index in [2.05, 4.69) is 4.98 Å². The molecule has 0 aliphatic heterocycles. The molecule has 0 spiro atoms. The molecule has 0 saturated heterocycles. The Balaban J connectivity index is 2.50. The van der Waals surface area contributed by atoms with Gasteiger partial charge in [0.2, 0.25) is 0 Å². The van der Waals surface area contributed by atoms with Gasteiger partial charge < -0.3 is 4.74 Å². The van der Waals surface area contributed by atoms with Gasteiger partial charge in [0.15, 0.2) is 6.29 Å². The van der Waals surface area contributed by atoms with Crippen molar-refractivity contribution in [3.05, 3.63) is 46.2 Å². The first kappa shape index (κ1) is 13.8. The Morgan fingerprint density at radius 3 is 2.68 bits per heavy atom. The molecule has 2 rings (SSSR count). The third kappa shape index (κ3) is 3.06. The average Bonchev–Trinajstić information content (AvgIpc) is 2.43. The van der Waals surface area contributed by atoms with Crippen LogP contribution in [0.1, 0.15) is 17.3 Å². The summed E-state index contributed by atoms with van der Waals surface area (Å²) in [4.78, 5) is 14.8. The standard InChI is InChI=1S/C14H11Cl2NO2/c1-2-19-14-5-12(15)11(4-13(14)16)10-3-9(8-18)6-17-7-10/h3-8H,2H2,1H3. The Hall–Kier alpha value is -1.58. The number of nitrogens with zero attached hydrogens (tertiary/aromatic N) is 1. The van der Waals surface area contributed by atoms with Gasteiger partial charge >= 0.3 is 0 Å². The van der Waals surface area contributed by atoms with Gasteiger partial charge in [-0.25, -0.2) is 0 Å². The van der Waals surface area contributed by atoms with Crippen LogP contribution in [0, 0.1) is 0 Å². The lowest BCUT2D eigenvalue weighted by molar-refractivity contribution is 0.112. The van der Waals surface area contributed by atoms with E-state index in [0.29, 0.717) is 33.5 Å². The van der Waals surface area contributed by atoms with E-state index in [1.165, 1.54) is 6.20 Å². The number of hydrogen-bond acceptors (Lipinski definition) is 3. The monoisotopic (exact) mass is 295 g/mol. The van der Waals surface area contributed by atoms with Crippen molar-refractivity contribution in [2.24, 2.45) is 0 Å². The first-order valence-electron chi connectivity index (χ1n) is 5.68. The summed E-state index contributed by atoms with van der Waals surface area (Å²) in [6.45, 7) is 2.38. The van der Waals surface area contributed by atoms with Crippen LogP contribution in [-0.4, -0.2) is 17.9 Å². The number of carbonyl (C=O) groups is 1. The SMILES string of the molecule is CCOc1cc(Cl)c(-c2cncc(C=O)c2)cc1Cl. The Labute approximate surface area is 121 Å². The molecular formula is C14H11Cl2NO2. The zero-order chi connectivity index (χ0) is 13.8. The first-order chi connectivity index (χ1) is 9.15. The van der Waals surface area contributed by atoms with Crippen molar-refractivity contribution in [1.29, 1.82) is 0 Å². The molecule has 1 aromatic heterocycles. The number of benzene rings is 1. The Bertz CT molecular complexity index is 614. The van der Waals surface area contributed by atoms with Crippen molar-refractivity contribution in [3.63, 3.8) is 0 Å². The molecule has 0 aliphatic rings. The number of halogens is 2. The number of aldehydes is 1. The number of ether oxygens (including phenoxy) is 1. The molecule has 0 fully saturated rings. The molecule has 19 heavy (non-hydrogen) atoms. The summed E-state index contributed by atoms with van der Waals surface area (Å²) in [6, 6.07) is 5.08. The van der Waals surface area contributed by atoms with Crippen molar-refractivity contribution in [2.45, 2.75) is 6.92 Å². The second-order valence-corrected chi connectivity index (χ2v) is 4.63. The van der Waals surface area contributed by atoms with Crippen molar-refractivity contribution in [3.8, 4) is 16.9 Å². The fourth-order valence-corrected chi connectivity index (χ4v) is 2.17. The van der Waals surface area contributed by atoms with Crippen molar-refractivity contribution >= 4 is 29.5 Å². The third-order valence-electron chi connectivity index (χ3n) is 2.53. The largest absolute Gasteiger partial charge is 0.492 e. The number of hydrogen-bond donors (Lipinski definition) is 0. The number of rotatable bonds is 4. The van der Waals surface area contributed by atoms with Crippen LogP contribution in [0.5, 0.6) is 5.75 Å². The lowest BCUT2D eigenvalue weighted by atomic mass is 10.1. The minimum absolute atomic E-state index is 0.470. The van der Waals surface area contributed by atoms with Gasteiger partial charge in [-0.05, 0) is 19.1 Å². The number of pyridine rings is 1. The van der Waals surface area contributed by atoms with Crippen LogP contribution in [0.2, 0.25) is 10.0 Å². The fraction of sp³-hybridized carbons (Fsp3) is 0.143. The van der Waals surface area contributed by atoms with Gasteiger partial charge in [0.25, 0.3) is 0 Å². The zero-order valence-electron chi connectivity index (χ0n) is 10.2. The van der Waals surface area contributed by atoms with Crippen LogP contribution in [0.4, 0.5) is 0 Å². The molecule has 1 heterocycles. The van der Waals surface area contributed by atoms with Gasteiger partial charge in [-0.1, -0.05) is 23.2 Å². The number of carbonyl (C=O) groups excluding carboxylic acids is 1. The second-order valence-electron chi connectivity index (χ2n) is 3.82. The maximum Gasteiger partial charge on any atom is 0.151 e. The summed E-state index contributed by atoms with van der Waals surface area (Å²) < 4.78 is 5.37. The molecule has 2 aromatic rings. The van der Waals surface area contributed by atoms with Crippen LogP contribution in [0.15, 0.2) is 30.6 Å². The Morgan fingerprint density at radius 1 is 1.21 bits per heavy atom. The topological polar surface area (TPSA) is 39.2 Å². The summed E-state index contributed by atoms with van der Waals surface area (Å²) in [5.41, 5.74) is 1.93. The van der Waals surface area contributed by atoms with Crippen LogP contribution >= 0.6 is 23.2 Å². The van der Waals surface area contributed by atoms with E-state index in [9.17, 15) is 4.79 Å². The van der Waals surface area contributed by atoms with Crippen LogP contribution in [-0.2, 0) is 0 Å². The van der Waals surface area contributed by atoms with E-state index in [-0.39, 0.29) is 0 Å². The van der Waals surface area contributed by atoms with E-state index in [1.54, 1.807) is 24.4 Å². The van der Waals surface area contributed by atoms with Crippen LogP contribution in [0.25, 0.3) is 11.1 Å². The molecule has 0 bridgehead atoms. The number of aromatic nitrogens is 1. The van der Waals surface area contributed by atoms with Gasteiger partial charge in [0.05, 0.1) is 16.7 Å². The van der Waals surface area contributed by atoms with Crippen LogP contribution in [0.3, 0.4) is 0 Å². The second kappa shape index (κ2) is 6.04. The van der Waals surface area contributed by atoms with Gasteiger partial charge in [0, 0.05) is 35.2 Å². The van der Waals surface area contributed by atoms with E-state index >= 15 is 0 Å². The molecule has 1 aromatic carbocycles. The highest BCUT2D eigenvalue weighted by molar-refractivity contribution is 6.36. The molecule has 0 atom stereocenters. The molecule has 0 amide bonds. The molecule has 0 N–H and O–H groups in total. The van der Waals surface area contributed by atoms with E-state index in [4.69, 9.17) is 27.9 Å². The third-order valence-corrected chi connectivity index (χ3v) is 3.14. The first-order valence-corrected chi connectivity index (χ1v) is 6.43. The predicted molar refractivity (Wildman–Crippen MR) is 76.2 cm³/mol. The van der Waals surface area contributed by atoms with E-state index in [1.807, 2.05) is 6.92 Å². The fourth-order valence-electron chi connectivity index (χ4n) is 1.69. The van der Waals surface area contributed by atoms with Gasteiger partial charge in [-0.15, -0.1) is 0 Å². The highest BCUT2D eigenvalue weighted by Gasteiger charge is 2.10. The lowest BCUT2D eigenvalue weighted by Gasteiger charge is -2.10. The maximum absolute atomic E-state index is 10.8. The average molecular weight is 296 g/mol. The highest BCUT2D eigenvalue weighted by atomic mass is 35.5. The van der Waals surface area contributed by atoms with Gasteiger partial charge in [-0.2, -0.15) is 0 Å². The minimum Gasteiger partial charge on any atom is -0.492 e. The van der Waals surface area contributed by atoms with Crippen molar-refractivity contribution in [2.75, 3.05) is 6.61 Å². The van der Waals surface area contributed by atoms with Gasteiger partial charge in [0.1, 0.15) is 5.75 Å². The Morgan fingerprint density at radius 2 is 2.00 bits per heavy atom. The van der Waals surface area contributed by atoms with Crippen molar-refractivity contribution in [1.82, 2.24) is 4.98 Å². The molecule has 0 radical (unpaired) electrons. The molecular weight excluding hydrogens is 285 g/mol. The zero-order valence-corrected chi connectivity index (χ0v) is 11.7. The Kier molecular flexibility index (Phi) is 4.40. The van der Waals surface area contributed by atoms with Crippen LogP contribution < -0.4 is 4.74 Å². The molecule has 5 heteroatoms. The molecule has 98 valence electrons. The molecule has 0 unspecified atom stereocenters. The van der Waals surface area contributed by atoms with Gasteiger partial charge in [-0.3, -0.25) is 9.78 Å². The van der Waals surface area contributed by atoms with E-state index < -0.39 is 0 Å². The maximum atomic E-state index is 10.8. The molecule has 0 saturated carbocycles. The smallest absolute Gasteiger partial charge is 0.151 e. The minimum atomic E-state index is 0.470. The summed E-state index contributed by atoms with van der Waals surface area (Å²) >= 11 is 12.3. The highest BCUT2D eigenvalue weighted by Crippen LogP contribution is 2.36.